The SMILES string of the molecule is CCOC(=O)C1=c2sc(=Cc3ccc(OC)c(OC)c3)c(=O)n2C(N)=C(C(=O)OC)C1c1ccc(OC)c(OC)c1. The first kappa shape index (κ1) is 29.3. The molecule has 41 heavy (non-hydrogen) atoms. The van der Waals surface area contributed by atoms with Crippen LogP contribution in [0.3, 0.4) is 0 Å². The summed E-state index contributed by atoms with van der Waals surface area (Å²) in [6, 6.07) is 10.1. The van der Waals surface area contributed by atoms with E-state index in [1.807, 2.05) is 0 Å². The van der Waals surface area contributed by atoms with E-state index < -0.39 is 23.4 Å². The molecule has 0 radical (unpaired) electrons. The number of esters is 2. The van der Waals surface area contributed by atoms with Crippen molar-refractivity contribution in [1.29, 1.82) is 0 Å². The fraction of sp³-hybridized carbons (Fsp3) is 0.276. The van der Waals surface area contributed by atoms with Gasteiger partial charge in [0.05, 0.1) is 63.8 Å². The molecule has 216 valence electrons. The van der Waals surface area contributed by atoms with Gasteiger partial charge in [0.15, 0.2) is 23.0 Å². The summed E-state index contributed by atoms with van der Waals surface area (Å²) in [4.78, 5) is 40.5. The summed E-state index contributed by atoms with van der Waals surface area (Å²) in [5.41, 5.74) is 7.09. The molecule has 2 aromatic carbocycles. The number of rotatable bonds is 9. The Hall–Kier alpha value is -4.71. The van der Waals surface area contributed by atoms with Crippen molar-refractivity contribution in [3.05, 3.63) is 72.6 Å². The second-order valence-electron chi connectivity index (χ2n) is 8.64. The highest BCUT2D eigenvalue weighted by atomic mass is 32.1. The summed E-state index contributed by atoms with van der Waals surface area (Å²) in [5, 5.41) is 0. The van der Waals surface area contributed by atoms with Crippen LogP contribution in [0.15, 0.2) is 46.8 Å². The van der Waals surface area contributed by atoms with Crippen molar-refractivity contribution >= 4 is 40.7 Å². The van der Waals surface area contributed by atoms with Gasteiger partial charge in [-0.3, -0.25) is 9.36 Å². The van der Waals surface area contributed by atoms with Gasteiger partial charge >= 0.3 is 11.9 Å². The lowest BCUT2D eigenvalue weighted by atomic mass is 9.83. The molecular formula is C29H30N2O9S. The molecule has 11 nitrogen and oxygen atoms in total. The number of hydrogen-bond acceptors (Lipinski definition) is 11. The van der Waals surface area contributed by atoms with Crippen LogP contribution >= 0.6 is 11.3 Å². The predicted octanol–water partition coefficient (Wildman–Crippen LogP) is 1.58. The Labute approximate surface area is 239 Å². The summed E-state index contributed by atoms with van der Waals surface area (Å²) in [6.07, 6.45) is 1.64. The van der Waals surface area contributed by atoms with Crippen LogP contribution in [0.25, 0.3) is 17.5 Å². The van der Waals surface area contributed by atoms with Gasteiger partial charge in [-0.25, -0.2) is 9.59 Å². The van der Waals surface area contributed by atoms with Crippen LogP contribution in [0.4, 0.5) is 0 Å². The lowest BCUT2D eigenvalue weighted by molar-refractivity contribution is -0.136. The smallest absolute Gasteiger partial charge is 0.338 e. The number of ether oxygens (including phenoxy) is 6. The maximum absolute atomic E-state index is 13.7. The molecule has 1 aliphatic heterocycles. The third-order valence-electron chi connectivity index (χ3n) is 6.50. The average molecular weight is 583 g/mol. The van der Waals surface area contributed by atoms with Gasteiger partial charge in [0.2, 0.25) is 0 Å². The lowest BCUT2D eigenvalue weighted by Crippen LogP contribution is -2.41. The molecule has 1 unspecified atom stereocenters. The lowest BCUT2D eigenvalue weighted by Gasteiger charge is -2.27. The molecule has 4 rings (SSSR count). The Morgan fingerprint density at radius 3 is 2.07 bits per heavy atom. The van der Waals surface area contributed by atoms with Crippen molar-refractivity contribution in [2.24, 2.45) is 5.73 Å². The topological polar surface area (TPSA) is 138 Å². The minimum Gasteiger partial charge on any atom is -0.493 e. The molecule has 1 aliphatic rings. The van der Waals surface area contributed by atoms with Gasteiger partial charge in [-0.05, 0) is 48.4 Å². The number of methoxy groups -OCH3 is 5. The van der Waals surface area contributed by atoms with Gasteiger partial charge in [0.25, 0.3) is 5.56 Å². The molecule has 0 amide bonds. The summed E-state index contributed by atoms with van der Waals surface area (Å²) in [6.45, 7) is 1.73. The van der Waals surface area contributed by atoms with Crippen LogP contribution in [0, 0.1) is 0 Å². The minimum absolute atomic E-state index is 0.0581. The minimum atomic E-state index is -1.03. The van der Waals surface area contributed by atoms with E-state index in [1.54, 1.807) is 49.4 Å². The van der Waals surface area contributed by atoms with Crippen molar-refractivity contribution in [2.75, 3.05) is 42.2 Å². The quantitative estimate of drug-likeness (QED) is 0.370. The molecule has 0 fully saturated rings. The maximum atomic E-state index is 13.7. The Kier molecular flexibility index (Phi) is 8.72. The van der Waals surface area contributed by atoms with Gasteiger partial charge in [-0.1, -0.05) is 12.1 Å². The maximum Gasteiger partial charge on any atom is 0.338 e. The van der Waals surface area contributed by atoms with Gasteiger partial charge in [0, 0.05) is 0 Å². The normalized spacial score (nSPS) is 14.8. The van der Waals surface area contributed by atoms with Crippen molar-refractivity contribution < 1.29 is 38.0 Å². The number of carbonyl (C=O) groups excluding carboxylic acids is 2. The number of thiazole rings is 1. The van der Waals surface area contributed by atoms with Crippen molar-refractivity contribution in [2.45, 2.75) is 12.8 Å². The molecule has 2 heterocycles. The van der Waals surface area contributed by atoms with E-state index in [1.165, 1.54) is 35.5 Å². The molecule has 1 atom stereocenters. The van der Waals surface area contributed by atoms with Crippen molar-refractivity contribution in [3.8, 4) is 23.0 Å². The summed E-state index contributed by atoms with van der Waals surface area (Å²) in [5.74, 6) is -0.901. The van der Waals surface area contributed by atoms with Crippen LogP contribution in [0.2, 0.25) is 0 Å². The monoisotopic (exact) mass is 582 g/mol. The Morgan fingerprint density at radius 2 is 1.49 bits per heavy atom. The summed E-state index contributed by atoms with van der Waals surface area (Å²) >= 11 is 1.05. The Bertz CT molecular complexity index is 1720. The molecule has 1 aromatic heterocycles. The number of carbonyl (C=O) groups is 2. The second-order valence-corrected chi connectivity index (χ2v) is 9.67. The second kappa shape index (κ2) is 12.2. The first-order valence-electron chi connectivity index (χ1n) is 12.4. The van der Waals surface area contributed by atoms with E-state index in [2.05, 4.69) is 0 Å². The van der Waals surface area contributed by atoms with Gasteiger partial charge in [0.1, 0.15) is 10.5 Å². The van der Waals surface area contributed by atoms with Crippen LogP contribution < -0.4 is 39.4 Å². The number of benzene rings is 2. The molecule has 0 spiro atoms. The number of fused-ring (bicyclic) bond motifs is 1. The number of hydrogen-bond donors (Lipinski definition) is 1. The van der Waals surface area contributed by atoms with Crippen LogP contribution in [-0.2, 0) is 19.1 Å². The van der Waals surface area contributed by atoms with E-state index in [-0.39, 0.29) is 32.8 Å². The predicted molar refractivity (Wildman–Crippen MR) is 153 cm³/mol. The zero-order chi connectivity index (χ0) is 29.8. The molecular weight excluding hydrogens is 552 g/mol. The van der Waals surface area contributed by atoms with Gasteiger partial charge in [-0.2, -0.15) is 0 Å². The van der Waals surface area contributed by atoms with Crippen molar-refractivity contribution in [1.82, 2.24) is 4.57 Å². The highest BCUT2D eigenvalue weighted by Crippen LogP contribution is 2.41. The van der Waals surface area contributed by atoms with Crippen LogP contribution in [-0.4, -0.2) is 58.7 Å². The van der Waals surface area contributed by atoms with Crippen LogP contribution in [0.1, 0.15) is 24.0 Å². The fourth-order valence-corrected chi connectivity index (χ4v) is 5.79. The average Bonchev–Trinajstić information content (AvgIpc) is 3.31. The van der Waals surface area contributed by atoms with Crippen molar-refractivity contribution in [3.63, 3.8) is 0 Å². The molecule has 0 bridgehead atoms. The standard InChI is InChI=1S/C29H30N2O9S/c1-7-40-29(34)24-22(16-9-11-18(36-3)20(14-16)38-5)23(28(33)39-6)25(30)31-26(32)21(41-27(24)31)13-15-8-10-17(35-2)19(12-15)37-4/h8-14,22H,7,30H2,1-6H3. The van der Waals surface area contributed by atoms with E-state index in [0.29, 0.717) is 34.1 Å². The molecule has 3 aromatic rings. The third-order valence-corrected chi connectivity index (χ3v) is 7.60. The van der Waals surface area contributed by atoms with E-state index in [4.69, 9.17) is 34.2 Å². The van der Waals surface area contributed by atoms with Gasteiger partial charge in [-0.15, -0.1) is 11.3 Å². The summed E-state index contributed by atoms with van der Waals surface area (Å²) < 4.78 is 33.6. The molecule has 0 saturated carbocycles. The molecule has 0 aliphatic carbocycles. The number of nitrogens with zero attached hydrogens (tertiary/aromatic N) is 1. The zero-order valence-corrected chi connectivity index (χ0v) is 24.2. The Morgan fingerprint density at radius 1 is 0.878 bits per heavy atom. The molecule has 2 N–H and O–H groups in total. The first-order valence-corrected chi connectivity index (χ1v) is 13.2. The Balaban J connectivity index is 2.10. The molecule has 0 saturated heterocycles. The van der Waals surface area contributed by atoms with E-state index >= 15 is 0 Å². The molecule has 12 heteroatoms. The third kappa shape index (κ3) is 5.25. The summed E-state index contributed by atoms with van der Waals surface area (Å²) in [7, 11) is 7.19. The number of nitrogens with two attached hydrogens (primary N) is 1. The van der Waals surface area contributed by atoms with E-state index in [9.17, 15) is 14.4 Å². The highest BCUT2D eigenvalue weighted by molar-refractivity contribution is 7.07. The van der Waals surface area contributed by atoms with Crippen LogP contribution in [0.5, 0.6) is 23.0 Å². The number of aromatic nitrogens is 1. The fourth-order valence-electron chi connectivity index (χ4n) is 4.62. The van der Waals surface area contributed by atoms with Gasteiger partial charge < -0.3 is 34.2 Å². The first-order chi connectivity index (χ1) is 19.7. The highest BCUT2D eigenvalue weighted by Gasteiger charge is 2.40. The largest absolute Gasteiger partial charge is 0.493 e. The zero-order valence-electron chi connectivity index (χ0n) is 23.4. The van der Waals surface area contributed by atoms with E-state index in [0.717, 1.165) is 15.9 Å².